The molecule has 0 saturated carbocycles. The van der Waals surface area contributed by atoms with Crippen molar-refractivity contribution in [1.82, 2.24) is 9.88 Å². The summed E-state index contributed by atoms with van der Waals surface area (Å²) >= 11 is 0. The third kappa shape index (κ3) is 3.42. The standard InChI is InChI=1S/C21H32N2O/c1-3-5-11-21(12-6-4-2)16-17-10-14-23(21)19(20(17)24)15-18-9-7-8-13-22-18/h7-9,13,17,19H,3-6,10-12,14-16H2,1-2H3. The van der Waals surface area contributed by atoms with Gasteiger partial charge in [-0.2, -0.15) is 0 Å². The minimum atomic E-state index is 0.0566. The molecule has 132 valence electrons. The zero-order valence-electron chi connectivity index (χ0n) is 15.3. The molecule has 0 aliphatic carbocycles. The van der Waals surface area contributed by atoms with E-state index in [1.165, 1.54) is 38.5 Å². The number of pyridine rings is 1. The summed E-state index contributed by atoms with van der Waals surface area (Å²) in [5, 5.41) is 0. The number of nitrogens with zero attached hydrogens (tertiary/aromatic N) is 2. The molecular weight excluding hydrogens is 296 g/mol. The Hall–Kier alpha value is -1.22. The normalized spacial score (nSPS) is 28.2. The Bertz CT molecular complexity index is 534. The second-order valence-corrected chi connectivity index (χ2v) is 7.76. The number of carbonyl (C=O) groups is 1. The molecule has 1 aromatic rings. The lowest BCUT2D eigenvalue weighted by atomic mass is 9.66. The third-order valence-corrected chi connectivity index (χ3v) is 6.18. The first-order chi connectivity index (χ1) is 11.7. The average molecular weight is 328 g/mol. The highest BCUT2D eigenvalue weighted by Gasteiger charge is 2.53. The average Bonchev–Trinajstić information content (AvgIpc) is 2.62. The van der Waals surface area contributed by atoms with Crippen LogP contribution in [0.25, 0.3) is 0 Å². The van der Waals surface area contributed by atoms with Crippen molar-refractivity contribution in [3.05, 3.63) is 30.1 Å². The lowest BCUT2D eigenvalue weighted by Crippen LogP contribution is -2.67. The van der Waals surface area contributed by atoms with E-state index in [2.05, 4.69) is 29.8 Å². The predicted octanol–water partition coefficient (Wildman–Crippen LogP) is 4.41. The monoisotopic (exact) mass is 328 g/mol. The molecule has 3 unspecified atom stereocenters. The lowest BCUT2D eigenvalue weighted by molar-refractivity contribution is -0.151. The molecule has 0 spiro atoms. The van der Waals surface area contributed by atoms with Crippen LogP contribution in [-0.4, -0.2) is 33.8 Å². The van der Waals surface area contributed by atoms with E-state index in [1.54, 1.807) is 0 Å². The van der Waals surface area contributed by atoms with Crippen LogP contribution in [0.15, 0.2) is 24.4 Å². The molecule has 3 aliphatic rings. The highest BCUT2D eigenvalue weighted by molar-refractivity contribution is 5.88. The Balaban J connectivity index is 1.84. The zero-order valence-corrected chi connectivity index (χ0v) is 15.3. The van der Waals surface area contributed by atoms with Crippen molar-refractivity contribution < 1.29 is 4.79 Å². The number of Topliss-reactive ketones (excluding diaryl/α,β-unsaturated/α-hetero) is 1. The second kappa shape index (κ2) is 7.77. The SMILES string of the molecule is CCCCC1(CCCC)CC2CCN1C(Cc1ccccn1)C2=O. The molecule has 3 atom stereocenters. The molecule has 4 rings (SSSR count). The van der Waals surface area contributed by atoms with Crippen LogP contribution < -0.4 is 0 Å². The molecule has 3 aliphatic heterocycles. The Morgan fingerprint density at radius 3 is 2.58 bits per heavy atom. The number of ketones is 1. The van der Waals surface area contributed by atoms with Crippen LogP contribution in [0, 0.1) is 5.92 Å². The Morgan fingerprint density at radius 2 is 1.96 bits per heavy atom. The van der Waals surface area contributed by atoms with Gasteiger partial charge in [0.05, 0.1) is 6.04 Å². The molecule has 24 heavy (non-hydrogen) atoms. The van der Waals surface area contributed by atoms with E-state index in [4.69, 9.17) is 0 Å². The molecule has 1 aromatic heterocycles. The number of rotatable bonds is 8. The topological polar surface area (TPSA) is 33.2 Å². The van der Waals surface area contributed by atoms with Crippen LogP contribution in [0.1, 0.15) is 70.9 Å². The summed E-state index contributed by atoms with van der Waals surface area (Å²) in [6, 6.07) is 6.10. The van der Waals surface area contributed by atoms with E-state index in [9.17, 15) is 4.79 Å². The van der Waals surface area contributed by atoms with Crippen LogP contribution in [-0.2, 0) is 11.2 Å². The second-order valence-electron chi connectivity index (χ2n) is 7.76. The van der Waals surface area contributed by atoms with Gasteiger partial charge < -0.3 is 0 Å². The molecule has 3 fully saturated rings. The quantitative estimate of drug-likeness (QED) is 0.709. The van der Waals surface area contributed by atoms with Crippen LogP contribution in [0.2, 0.25) is 0 Å². The molecule has 3 saturated heterocycles. The van der Waals surface area contributed by atoms with Gasteiger partial charge in [-0.3, -0.25) is 14.7 Å². The van der Waals surface area contributed by atoms with E-state index in [1.807, 2.05) is 18.3 Å². The summed E-state index contributed by atoms with van der Waals surface area (Å²) in [7, 11) is 0. The molecule has 0 aromatic carbocycles. The maximum atomic E-state index is 13.0. The van der Waals surface area contributed by atoms with Gasteiger partial charge in [0.25, 0.3) is 0 Å². The molecule has 3 nitrogen and oxygen atoms in total. The van der Waals surface area contributed by atoms with Gasteiger partial charge in [0.1, 0.15) is 0 Å². The molecule has 0 amide bonds. The number of unbranched alkanes of at least 4 members (excludes halogenated alkanes) is 2. The van der Waals surface area contributed by atoms with Gasteiger partial charge >= 0.3 is 0 Å². The Labute approximate surface area is 146 Å². The van der Waals surface area contributed by atoms with Gasteiger partial charge in [0, 0.05) is 36.3 Å². The predicted molar refractivity (Wildman–Crippen MR) is 97.9 cm³/mol. The zero-order chi connectivity index (χ0) is 17.0. The first kappa shape index (κ1) is 17.6. The van der Waals surface area contributed by atoms with Gasteiger partial charge in [-0.15, -0.1) is 0 Å². The first-order valence-electron chi connectivity index (χ1n) is 9.90. The molecular formula is C21H32N2O. The first-order valence-corrected chi connectivity index (χ1v) is 9.90. The fourth-order valence-electron chi connectivity index (χ4n) is 4.92. The lowest BCUT2D eigenvalue weighted by Gasteiger charge is -2.58. The summed E-state index contributed by atoms with van der Waals surface area (Å²) in [5.41, 5.74) is 1.32. The third-order valence-electron chi connectivity index (χ3n) is 6.18. The van der Waals surface area contributed by atoms with E-state index in [0.29, 0.717) is 5.78 Å². The number of piperidine rings is 3. The van der Waals surface area contributed by atoms with Crippen LogP contribution >= 0.6 is 0 Å². The summed E-state index contributed by atoms with van der Waals surface area (Å²) in [4.78, 5) is 20.0. The highest BCUT2D eigenvalue weighted by Crippen LogP contribution is 2.46. The number of carbonyl (C=O) groups excluding carboxylic acids is 1. The number of fused-ring (bicyclic) bond motifs is 3. The maximum absolute atomic E-state index is 13.0. The maximum Gasteiger partial charge on any atom is 0.153 e. The van der Waals surface area contributed by atoms with Crippen LogP contribution in [0.4, 0.5) is 0 Å². The number of hydrogen-bond acceptors (Lipinski definition) is 3. The Kier molecular flexibility index (Phi) is 5.70. The van der Waals surface area contributed by atoms with Crippen LogP contribution in [0.3, 0.4) is 0 Å². The van der Waals surface area contributed by atoms with Gasteiger partial charge in [-0.05, 0) is 37.8 Å². The van der Waals surface area contributed by atoms with Gasteiger partial charge in [0.15, 0.2) is 5.78 Å². The van der Waals surface area contributed by atoms with Gasteiger partial charge in [-0.1, -0.05) is 45.6 Å². The van der Waals surface area contributed by atoms with E-state index < -0.39 is 0 Å². The summed E-state index contributed by atoms with van der Waals surface area (Å²) in [5.74, 6) is 0.771. The van der Waals surface area contributed by atoms with Crippen molar-refractivity contribution in [3.8, 4) is 0 Å². The minimum absolute atomic E-state index is 0.0566. The fourth-order valence-corrected chi connectivity index (χ4v) is 4.92. The van der Waals surface area contributed by atoms with Crippen molar-refractivity contribution in [1.29, 1.82) is 0 Å². The molecule has 2 bridgehead atoms. The molecule has 0 N–H and O–H groups in total. The van der Waals surface area contributed by atoms with Crippen molar-refractivity contribution in [2.75, 3.05) is 6.54 Å². The van der Waals surface area contributed by atoms with Gasteiger partial charge in [-0.25, -0.2) is 0 Å². The molecule has 4 heterocycles. The largest absolute Gasteiger partial charge is 0.298 e. The minimum Gasteiger partial charge on any atom is -0.298 e. The van der Waals surface area contributed by atoms with Gasteiger partial charge in [0.2, 0.25) is 0 Å². The van der Waals surface area contributed by atoms with E-state index in [0.717, 1.165) is 31.5 Å². The molecule has 0 radical (unpaired) electrons. The van der Waals surface area contributed by atoms with E-state index in [-0.39, 0.29) is 17.5 Å². The number of aromatic nitrogens is 1. The van der Waals surface area contributed by atoms with Crippen molar-refractivity contribution >= 4 is 5.78 Å². The summed E-state index contributed by atoms with van der Waals surface area (Å²) < 4.78 is 0. The van der Waals surface area contributed by atoms with Crippen molar-refractivity contribution in [3.63, 3.8) is 0 Å². The summed E-state index contributed by atoms with van der Waals surface area (Å²) in [6.45, 7) is 5.66. The highest BCUT2D eigenvalue weighted by atomic mass is 16.1. The van der Waals surface area contributed by atoms with E-state index >= 15 is 0 Å². The summed E-state index contributed by atoms with van der Waals surface area (Å²) in [6.07, 6.45) is 12.3. The van der Waals surface area contributed by atoms with Crippen molar-refractivity contribution in [2.45, 2.75) is 83.2 Å². The van der Waals surface area contributed by atoms with Crippen molar-refractivity contribution in [2.24, 2.45) is 5.92 Å². The Morgan fingerprint density at radius 1 is 1.21 bits per heavy atom. The van der Waals surface area contributed by atoms with Crippen LogP contribution in [0.5, 0.6) is 0 Å². The fraction of sp³-hybridized carbons (Fsp3) is 0.714. The number of hydrogen-bond donors (Lipinski definition) is 0. The smallest absolute Gasteiger partial charge is 0.153 e. The molecule has 3 heteroatoms.